The molecule has 1 aromatic heterocycles. The maximum atomic E-state index is 9.60. The van der Waals surface area contributed by atoms with Gasteiger partial charge in [0, 0.05) is 17.3 Å². The van der Waals surface area contributed by atoms with Gasteiger partial charge in [-0.3, -0.25) is 4.79 Å². The van der Waals surface area contributed by atoms with Gasteiger partial charge in [0.25, 0.3) is 6.47 Å². The van der Waals surface area contributed by atoms with Gasteiger partial charge in [-0.05, 0) is 74.2 Å². The van der Waals surface area contributed by atoms with Gasteiger partial charge in [-0.15, -0.1) is 0 Å². The molecule has 0 aliphatic heterocycles. The molecule has 0 radical (unpaired) electrons. The number of fused-ring (bicyclic) bond motifs is 1. The van der Waals surface area contributed by atoms with Crippen molar-refractivity contribution in [3.63, 3.8) is 0 Å². The van der Waals surface area contributed by atoms with E-state index in [1.165, 1.54) is 0 Å². The minimum atomic E-state index is -0.318. The second kappa shape index (κ2) is 9.95. The molecular formula is C24H23N3O3. The Morgan fingerprint density at radius 2 is 1.87 bits per heavy atom. The number of rotatable bonds is 4. The van der Waals surface area contributed by atoms with Crippen LogP contribution in [0.1, 0.15) is 37.5 Å². The molecule has 2 aromatic carbocycles. The van der Waals surface area contributed by atoms with E-state index < -0.39 is 0 Å². The molecule has 0 spiro atoms. The van der Waals surface area contributed by atoms with E-state index in [9.17, 15) is 10.1 Å². The highest BCUT2D eigenvalue weighted by molar-refractivity contribution is 5.94. The first-order valence-corrected chi connectivity index (χ1v) is 9.20. The quantitative estimate of drug-likeness (QED) is 0.374. The molecule has 1 heterocycles. The molecule has 0 amide bonds. The van der Waals surface area contributed by atoms with E-state index in [2.05, 4.69) is 21.9 Å². The number of nitrogens with zero attached hydrogens (tertiary/aromatic N) is 2. The molecule has 0 saturated carbocycles. The molecule has 0 atom stereocenters. The number of carbonyl (C=O) groups excluding carboxylic acids is 1. The normalized spacial score (nSPS) is 10.9. The predicted molar refractivity (Wildman–Crippen MR) is 116 cm³/mol. The predicted octanol–water partition coefficient (Wildman–Crippen LogP) is 5.07. The third kappa shape index (κ3) is 5.98. The van der Waals surface area contributed by atoms with Crippen molar-refractivity contribution in [2.45, 2.75) is 26.4 Å². The van der Waals surface area contributed by atoms with E-state index in [0.29, 0.717) is 28.9 Å². The Labute approximate surface area is 176 Å². The molecule has 152 valence electrons. The van der Waals surface area contributed by atoms with Crippen molar-refractivity contribution in [3.8, 4) is 17.9 Å². The summed E-state index contributed by atoms with van der Waals surface area (Å²) in [6.45, 7) is 5.92. The lowest BCUT2D eigenvalue weighted by atomic mass is 10.0. The summed E-state index contributed by atoms with van der Waals surface area (Å²) in [7, 11) is 1.57. The Bertz CT molecular complexity index is 1140. The van der Waals surface area contributed by atoms with Crippen LogP contribution < -0.4 is 4.74 Å². The maximum Gasteiger partial charge on any atom is 0.293 e. The average Bonchev–Trinajstić information content (AvgIpc) is 3.19. The fourth-order valence-electron chi connectivity index (χ4n) is 2.62. The fourth-order valence-corrected chi connectivity index (χ4v) is 2.62. The second-order valence-electron chi connectivity index (χ2n) is 7.34. The van der Waals surface area contributed by atoms with Crippen LogP contribution in [0.3, 0.4) is 0 Å². The van der Waals surface area contributed by atoms with Crippen molar-refractivity contribution in [2.75, 3.05) is 7.11 Å². The Morgan fingerprint density at radius 3 is 2.43 bits per heavy atom. The highest BCUT2D eigenvalue weighted by Crippen LogP contribution is 2.27. The maximum absolute atomic E-state index is 9.60. The van der Waals surface area contributed by atoms with Crippen molar-refractivity contribution in [3.05, 3.63) is 65.4 Å². The molecule has 0 bridgehead atoms. The lowest BCUT2D eigenvalue weighted by Gasteiger charge is -2.14. The molecule has 3 aromatic rings. The van der Waals surface area contributed by atoms with Crippen LogP contribution >= 0.6 is 0 Å². The molecule has 1 N–H and O–H groups in total. The van der Waals surface area contributed by atoms with E-state index in [-0.39, 0.29) is 5.60 Å². The monoisotopic (exact) mass is 401 g/mol. The summed E-state index contributed by atoms with van der Waals surface area (Å²) in [5.74, 6) is 0.625. The van der Waals surface area contributed by atoms with Crippen molar-refractivity contribution < 1.29 is 14.3 Å². The van der Waals surface area contributed by atoms with E-state index in [0.717, 1.165) is 16.5 Å². The largest absolute Gasteiger partial charge is 0.496 e. The van der Waals surface area contributed by atoms with E-state index >= 15 is 0 Å². The number of benzene rings is 2. The summed E-state index contributed by atoms with van der Waals surface area (Å²) in [6.07, 6.45) is 3.61. The number of ether oxygens (including phenoxy) is 2. The van der Waals surface area contributed by atoms with E-state index in [4.69, 9.17) is 10.00 Å². The molecule has 3 rings (SSSR count). The van der Waals surface area contributed by atoms with Crippen molar-refractivity contribution in [1.29, 1.82) is 10.5 Å². The third-order valence-electron chi connectivity index (χ3n) is 4.05. The molecule has 6 heteroatoms. The SMILES string of the molecule is CC(C)(C)OC=O.COc1ccc(C#N)cc1/C=C(\C#N)c1ccc2[nH]ccc2c1. The Balaban J connectivity index is 0.000000396. The Hall–Kier alpha value is -4.03. The first kappa shape index (κ1) is 22.3. The van der Waals surface area contributed by atoms with E-state index in [1.54, 1.807) is 31.4 Å². The van der Waals surface area contributed by atoms with Gasteiger partial charge in [0.05, 0.1) is 30.4 Å². The summed E-state index contributed by atoms with van der Waals surface area (Å²) < 4.78 is 9.86. The molecule has 0 aliphatic carbocycles. The van der Waals surface area contributed by atoms with Crippen LogP contribution in [0.5, 0.6) is 5.75 Å². The third-order valence-corrected chi connectivity index (χ3v) is 4.05. The summed E-state index contributed by atoms with van der Waals surface area (Å²) in [5.41, 5.74) is 3.27. The fraction of sp³-hybridized carbons (Fsp3) is 0.208. The van der Waals surface area contributed by atoms with Crippen LogP contribution in [0.2, 0.25) is 0 Å². The van der Waals surface area contributed by atoms with Gasteiger partial charge in [-0.2, -0.15) is 10.5 Å². The molecule has 0 saturated heterocycles. The minimum absolute atomic E-state index is 0.318. The second-order valence-corrected chi connectivity index (χ2v) is 7.34. The zero-order valence-corrected chi connectivity index (χ0v) is 17.4. The number of nitriles is 2. The molecule has 6 nitrogen and oxygen atoms in total. The zero-order chi connectivity index (χ0) is 22.1. The number of hydrogen-bond acceptors (Lipinski definition) is 5. The average molecular weight is 401 g/mol. The standard InChI is InChI=1S/C19H13N3O.C5H10O2/c1-23-19-5-2-13(11-20)8-16(19)10-17(12-21)14-3-4-18-15(9-14)6-7-22-18;1-5(2,3)7-4-6/h2-10,22H,1H3;4H,1-3H3/b17-10+;. The van der Waals surface area contributed by atoms with Crippen molar-refractivity contribution in [1.82, 2.24) is 4.98 Å². The number of aromatic nitrogens is 1. The van der Waals surface area contributed by atoms with Crippen LogP contribution in [-0.4, -0.2) is 24.2 Å². The van der Waals surface area contributed by atoms with Crippen LogP contribution in [0, 0.1) is 22.7 Å². The summed E-state index contributed by atoms with van der Waals surface area (Å²) in [5, 5.41) is 19.6. The first-order chi connectivity index (χ1) is 14.3. The summed E-state index contributed by atoms with van der Waals surface area (Å²) in [4.78, 5) is 12.7. The molecular weight excluding hydrogens is 378 g/mol. The van der Waals surface area contributed by atoms with Crippen LogP contribution in [0.4, 0.5) is 0 Å². The smallest absolute Gasteiger partial charge is 0.293 e. The van der Waals surface area contributed by atoms with Gasteiger partial charge in [-0.25, -0.2) is 0 Å². The number of aromatic amines is 1. The van der Waals surface area contributed by atoms with Gasteiger partial charge < -0.3 is 14.5 Å². The number of allylic oxidation sites excluding steroid dienone is 1. The molecule has 0 unspecified atom stereocenters. The van der Waals surface area contributed by atoms with Gasteiger partial charge in [0.2, 0.25) is 0 Å². The number of H-pyrrole nitrogens is 1. The van der Waals surface area contributed by atoms with Gasteiger partial charge >= 0.3 is 0 Å². The van der Waals surface area contributed by atoms with Crippen LogP contribution in [-0.2, 0) is 9.53 Å². The van der Waals surface area contributed by atoms with Gasteiger partial charge in [-0.1, -0.05) is 6.07 Å². The van der Waals surface area contributed by atoms with Crippen molar-refractivity contribution >= 4 is 29.0 Å². The highest BCUT2D eigenvalue weighted by Gasteiger charge is 2.08. The molecule has 30 heavy (non-hydrogen) atoms. The topological polar surface area (TPSA) is 98.9 Å². The van der Waals surface area contributed by atoms with Crippen LogP contribution in [0.15, 0.2) is 48.7 Å². The van der Waals surface area contributed by atoms with E-state index in [1.807, 2.05) is 51.2 Å². The number of hydrogen-bond donors (Lipinski definition) is 1. The number of methoxy groups -OCH3 is 1. The minimum Gasteiger partial charge on any atom is -0.496 e. The van der Waals surface area contributed by atoms with Gasteiger partial charge in [0.1, 0.15) is 11.4 Å². The zero-order valence-electron chi connectivity index (χ0n) is 17.4. The Kier molecular flexibility index (Phi) is 7.38. The lowest BCUT2D eigenvalue weighted by Crippen LogP contribution is -2.17. The van der Waals surface area contributed by atoms with Crippen LogP contribution in [0.25, 0.3) is 22.6 Å². The number of nitrogens with one attached hydrogen (secondary N) is 1. The summed E-state index contributed by atoms with van der Waals surface area (Å²) in [6, 6.07) is 17.2. The van der Waals surface area contributed by atoms with Gasteiger partial charge in [0.15, 0.2) is 0 Å². The Morgan fingerprint density at radius 1 is 1.10 bits per heavy atom. The highest BCUT2D eigenvalue weighted by atomic mass is 16.5. The summed E-state index contributed by atoms with van der Waals surface area (Å²) >= 11 is 0. The number of carbonyl (C=O) groups is 1. The lowest BCUT2D eigenvalue weighted by molar-refractivity contribution is -0.138. The molecule has 0 fully saturated rings. The van der Waals surface area contributed by atoms with Crippen molar-refractivity contribution in [2.24, 2.45) is 0 Å². The first-order valence-electron chi connectivity index (χ1n) is 9.20. The molecule has 0 aliphatic rings.